The van der Waals surface area contributed by atoms with Gasteiger partial charge < -0.3 is 10.6 Å². The summed E-state index contributed by atoms with van der Waals surface area (Å²) < 4.78 is 4.80. The molecule has 0 spiro atoms. The van der Waals surface area contributed by atoms with Crippen LogP contribution in [0.15, 0.2) is 161 Å². The molecule has 2 N–H and O–H groups in total. The van der Waals surface area contributed by atoms with Crippen molar-refractivity contribution in [1.82, 2.24) is 14.9 Å². The van der Waals surface area contributed by atoms with E-state index in [2.05, 4.69) is 95.3 Å². The number of anilines is 1. The van der Waals surface area contributed by atoms with Crippen LogP contribution in [0, 0.1) is 0 Å². The van der Waals surface area contributed by atoms with Gasteiger partial charge >= 0.3 is 11.4 Å². The minimum absolute atomic E-state index is 0. The molecule has 540 valence electrons. The van der Waals surface area contributed by atoms with Crippen molar-refractivity contribution < 1.29 is 24.0 Å². The molecule has 0 unspecified atom stereocenters. The fraction of sp³-hybridized carbons (Fsp3) is 0.257. The van der Waals surface area contributed by atoms with Crippen LogP contribution in [0.25, 0.3) is 50.9 Å². The Morgan fingerprint density at radius 1 is 0.584 bits per heavy atom. The van der Waals surface area contributed by atoms with E-state index >= 15 is 0 Å². The zero-order valence-corrected chi connectivity index (χ0v) is 71.6. The number of rotatable bonds is 15. The molecule has 0 saturated carbocycles. The van der Waals surface area contributed by atoms with Crippen molar-refractivity contribution in [3.8, 4) is 10.6 Å². The molecule has 0 saturated heterocycles. The molecule has 0 bridgehead atoms. The third-order valence-corrected chi connectivity index (χ3v) is 21.5. The van der Waals surface area contributed by atoms with Gasteiger partial charge in [-0.25, -0.2) is 40.1 Å². The highest BCUT2D eigenvalue weighted by molar-refractivity contribution is 9.09. The van der Waals surface area contributed by atoms with Crippen molar-refractivity contribution in [3.63, 3.8) is 0 Å². The number of allylic oxidation sites excluding steroid dienone is 1. The van der Waals surface area contributed by atoms with E-state index in [1.807, 2.05) is 148 Å². The van der Waals surface area contributed by atoms with E-state index in [1.54, 1.807) is 71.2 Å². The summed E-state index contributed by atoms with van der Waals surface area (Å²) in [5, 5.41) is 11.6. The van der Waals surface area contributed by atoms with Gasteiger partial charge in [-0.15, -0.1) is 69.7 Å². The maximum absolute atomic E-state index is 12.2. The Morgan fingerprint density at radius 2 is 1.00 bits per heavy atom. The second-order valence-corrected chi connectivity index (χ2v) is 36.6. The molecule has 9 nitrogen and oxygen atoms in total. The predicted molar refractivity (Wildman–Crippen MR) is 459 cm³/mol. The van der Waals surface area contributed by atoms with Gasteiger partial charge in [0, 0.05) is 111 Å². The summed E-state index contributed by atoms with van der Waals surface area (Å²) in [6, 6.07) is 40.4. The summed E-state index contributed by atoms with van der Waals surface area (Å²) in [6.45, 7) is 15.1. The number of carbonyl (C=O) groups excluding carboxylic acids is 5. The van der Waals surface area contributed by atoms with Gasteiger partial charge in [-0.05, 0) is 221 Å². The van der Waals surface area contributed by atoms with Gasteiger partial charge in [0.15, 0.2) is 11.6 Å². The van der Waals surface area contributed by atoms with E-state index in [9.17, 15) is 24.0 Å². The molecule has 0 amide bonds. The van der Waals surface area contributed by atoms with E-state index in [1.165, 1.54) is 49.6 Å². The summed E-state index contributed by atoms with van der Waals surface area (Å²) >= 11 is 53.5. The normalized spacial score (nSPS) is 10.2. The smallest absolute Gasteiger partial charge is 0.383 e. The largest absolute Gasteiger partial charge is 0.643 e. The molecule has 11 rings (SSSR count). The summed E-state index contributed by atoms with van der Waals surface area (Å²) in [5.74, 6) is 1.59. The van der Waals surface area contributed by atoms with Gasteiger partial charge in [0.2, 0.25) is 11.2 Å². The molecule has 11 aromatic rings. The Hall–Kier alpha value is -3.46. The highest BCUT2D eigenvalue weighted by Gasteiger charge is 2.18. The van der Waals surface area contributed by atoms with Crippen LogP contribution < -0.4 is 5.73 Å². The van der Waals surface area contributed by atoms with E-state index in [0.717, 1.165) is 112 Å². The van der Waals surface area contributed by atoms with Crippen molar-refractivity contribution in [3.05, 3.63) is 213 Å². The first-order chi connectivity index (χ1) is 47.4. The van der Waals surface area contributed by atoms with E-state index < -0.39 is 11.4 Å². The third-order valence-electron chi connectivity index (χ3n) is 13.3. The molecule has 0 radical (unpaired) electrons. The van der Waals surface area contributed by atoms with Gasteiger partial charge in [-0.2, -0.15) is 0 Å². The first-order valence-corrected chi connectivity index (χ1v) is 44.5. The van der Waals surface area contributed by atoms with Gasteiger partial charge in [-0.3, -0.25) is 24.0 Å². The Morgan fingerprint density at radius 3 is 1.41 bits per heavy atom. The fourth-order valence-electron chi connectivity index (χ4n) is 8.56. The number of aryl methyl sites for hydroxylation is 4. The lowest BCUT2D eigenvalue weighted by Crippen LogP contribution is -2.03. The number of fused-ring (bicyclic) bond motifs is 4. The van der Waals surface area contributed by atoms with Gasteiger partial charge in [0.25, 0.3) is 0 Å². The minimum atomic E-state index is -1.72. The number of carbonyl (C=O) groups is 5. The standard InChI is InChI=1S/C15H16ClNOS.C14H12ClN3S.C12H11ClOS.C10H11ClOS.C10H9ClS.C6H5ClS.C4H7BrO.C2H3ClO.CH4.Al.3ClH/c1-4-11-12-9-10(16)5-6-14(12)19-15(11)13(18)7-8-17(2)3;1-2-9-10-7-8(15)3-4-12(10)19-13(9)11-5-6-17-14(16)18-11;1-3-9-10-6-8(13)4-5-11(10)15-12(9)7(2)14;1-2-9(12)7-13-10-5-3-8(11)4-6-10;1-2-7-6-12-10-4-3-8(11)5-9(7)10;7-5-1-3-6(8)4-2-5;1-2-4(6)3-5;1-2(3)4;;;;;/h5-9H,4H2,1-3H3;3-7H,2H2,1H3,(H2,16,17,18);4-6H,3H2,1-2H3;3-6H,2,7H2,1H3;3-6H,2H2,1H3;1-4,8H;2-3H2,1H3;1H3;1H4;;3*1H/q;;;;;;;;;+3;;;/p-3/b8-7+;;;;;;;;;;;;. The van der Waals surface area contributed by atoms with Gasteiger partial charge in [-0.1, -0.05) is 135 Å². The van der Waals surface area contributed by atoms with Crippen LogP contribution in [0.4, 0.5) is 5.95 Å². The zero-order chi connectivity index (χ0) is 74.8. The number of aromatic nitrogens is 2. The number of nitrogens with zero attached hydrogens (tertiary/aromatic N) is 3. The SMILES string of the molecule is C.CC(=O)Cl.CCC(=O)CBr.CCC(=O)CSc1ccc(Cl)cc1.CCc1c(-c2ccnc(N)n2)sc2ccc(Cl)cc12.CCc1c(C(=O)/C=C/N(C)C)sc2ccc(Cl)cc12.CCc1c(C(C)=O)sc2ccc(Cl)cc12.CCc1csc2ccc(Cl)cc12.Sc1ccc(Cl)cc1.[Cl][Al]([Cl])[Cl]. The molecule has 0 aliphatic heterocycles. The summed E-state index contributed by atoms with van der Waals surface area (Å²) in [5.41, 5.74) is 11.4. The molecule has 0 aliphatic carbocycles. The van der Waals surface area contributed by atoms with Crippen molar-refractivity contribution in [2.45, 2.75) is 111 Å². The number of benzene rings is 6. The molecule has 0 atom stereocenters. The number of hydrogen-bond donors (Lipinski definition) is 2. The topological polar surface area (TPSA) is 140 Å². The van der Waals surface area contributed by atoms with Gasteiger partial charge in [0.05, 0.1) is 31.4 Å². The van der Waals surface area contributed by atoms with Gasteiger partial charge in [0.1, 0.15) is 11.6 Å². The van der Waals surface area contributed by atoms with Crippen LogP contribution in [0.3, 0.4) is 0 Å². The lowest BCUT2D eigenvalue weighted by atomic mass is 10.1. The molecule has 0 fully saturated rings. The lowest BCUT2D eigenvalue weighted by Gasteiger charge is -2.03. The van der Waals surface area contributed by atoms with Crippen LogP contribution in [-0.2, 0) is 40.1 Å². The number of ketones is 4. The Bertz CT molecular complexity index is 4420. The number of Topliss-reactive ketones (excluding diaryl/α,β-unsaturated/α-hetero) is 3. The molecule has 6 aromatic carbocycles. The molecule has 5 aromatic heterocycles. The number of hydrogen-bond acceptors (Lipinski definition) is 15. The molecule has 5 heterocycles. The summed E-state index contributed by atoms with van der Waals surface area (Å²) in [4.78, 5) is 69.0. The Kier molecular flexibility index (Phi) is 46.5. The summed E-state index contributed by atoms with van der Waals surface area (Å²) in [7, 11) is 18.6. The lowest BCUT2D eigenvalue weighted by molar-refractivity contribution is -0.117. The van der Waals surface area contributed by atoms with Crippen LogP contribution >= 0.6 is 197 Å². The van der Waals surface area contributed by atoms with Crippen molar-refractivity contribution >= 4 is 283 Å². The monoisotopic (exact) mass is 1750 g/mol. The van der Waals surface area contributed by atoms with E-state index in [0.29, 0.717) is 34.9 Å². The number of nitrogen functional groups attached to an aromatic ring is 1. The Labute approximate surface area is 680 Å². The second kappa shape index (κ2) is 50.2. The van der Waals surface area contributed by atoms with Crippen LogP contribution in [0.1, 0.15) is 117 Å². The minimum Gasteiger partial charge on any atom is -0.383 e. The molecular weight excluding hydrogens is 1680 g/mol. The van der Waals surface area contributed by atoms with Crippen LogP contribution in [0.2, 0.25) is 30.1 Å². The number of alkyl halides is 1. The first kappa shape index (κ1) is 93.6. The maximum Gasteiger partial charge on any atom is 0.643 e. The Balaban J connectivity index is 0.000000401. The second-order valence-electron chi connectivity index (χ2n) is 20.8. The van der Waals surface area contributed by atoms with Crippen LogP contribution in [-0.4, -0.2) is 79.8 Å². The highest BCUT2D eigenvalue weighted by Crippen LogP contribution is 2.40. The van der Waals surface area contributed by atoms with E-state index in [-0.39, 0.29) is 35.8 Å². The number of thiophene rings is 4. The van der Waals surface area contributed by atoms with Crippen molar-refractivity contribution in [1.29, 1.82) is 0 Å². The average molecular weight is 1760 g/mol. The molecule has 101 heavy (non-hydrogen) atoms. The first-order valence-electron chi connectivity index (χ1n) is 30.7. The number of thiol groups is 1. The average Bonchev–Trinajstić information content (AvgIpc) is 1.64. The predicted octanol–water partition coefficient (Wildman–Crippen LogP) is 27.5. The maximum atomic E-state index is 12.2. The molecule has 0 aliphatic rings. The molecular formula is C74H78AlBrCl10N4O5S6. The fourth-order valence-corrected chi connectivity index (χ4v) is 15.5. The zero-order valence-electron chi connectivity index (χ0n) is 56.3. The third kappa shape index (κ3) is 33.9. The number of thioether (sulfide) groups is 1. The van der Waals surface area contributed by atoms with Crippen molar-refractivity contribution in [2.75, 3.05) is 30.9 Å². The number of nitrogens with two attached hydrogens (primary N) is 1. The highest BCUT2D eigenvalue weighted by atomic mass is 79.9. The van der Waals surface area contributed by atoms with Crippen molar-refractivity contribution in [2.24, 2.45) is 0 Å². The number of halogens is 11. The quantitative estimate of drug-likeness (QED) is 0.0194. The summed E-state index contributed by atoms with van der Waals surface area (Å²) in [6.07, 6.45) is 10.1. The molecule has 27 heteroatoms. The van der Waals surface area contributed by atoms with Crippen LogP contribution in [0.5, 0.6) is 0 Å². The van der Waals surface area contributed by atoms with E-state index in [4.69, 9.17) is 105 Å².